The molecule has 0 aliphatic carbocycles. The molecule has 8 heteroatoms. The minimum absolute atomic E-state index is 0.0359. The molecule has 0 radical (unpaired) electrons. The lowest BCUT2D eigenvalue weighted by Gasteiger charge is -2.12. The predicted molar refractivity (Wildman–Crippen MR) is 74.6 cm³/mol. The lowest BCUT2D eigenvalue weighted by molar-refractivity contribution is 0.551. The van der Waals surface area contributed by atoms with Gasteiger partial charge in [0.2, 0.25) is 0 Å². The Labute approximate surface area is 120 Å². The maximum absolute atomic E-state index is 13.6. The van der Waals surface area contributed by atoms with Crippen LogP contribution in [0.1, 0.15) is 5.56 Å². The first-order chi connectivity index (χ1) is 9.81. The van der Waals surface area contributed by atoms with Crippen LogP contribution in [0.15, 0.2) is 47.4 Å². The summed E-state index contributed by atoms with van der Waals surface area (Å²) in [6.45, 7) is 0. The summed E-state index contributed by atoms with van der Waals surface area (Å²) in [5.74, 6) is -2.42. The van der Waals surface area contributed by atoms with E-state index in [1.54, 1.807) is 6.07 Å². The molecule has 0 atom stereocenters. The van der Waals surface area contributed by atoms with Gasteiger partial charge in [-0.1, -0.05) is 12.1 Å². The number of nitrogens with two attached hydrogens (primary N) is 1. The summed E-state index contributed by atoms with van der Waals surface area (Å²) in [6.07, 6.45) is 0. The van der Waals surface area contributed by atoms with Crippen LogP contribution in [0.5, 0.6) is 0 Å². The van der Waals surface area contributed by atoms with Crippen LogP contribution in [0, 0.1) is 17.0 Å². The Kier molecular flexibility index (Phi) is 3.90. The second kappa shape index (κ2) is 5.49. The summed E-state index contributed by atoms with van der Waals surface area (Å²) in [5, 5.41) is 7.38. The molecule has 0 aromatic heterocycles. The first kappa shape index (κ1) is 14.9. The number of nitrogen functional groups attached to an aromatic ring is 1. The molecular weight excluding hydrogens is 300 g/mol. The number of nitrogens with one attached hydrogen (secondary N) is 2. The first-order valence-electron chi connectivity index (χ1n) is 5.72. The van der Waals surface area contributed by atoms with Crippen LogP contribution in [0.3, 0.4) is 0 Å². The zero-order valence-electron chi connectivity index (χ0n) is 10.6. The van der Waals surface area contributed by atoms with Crippen molar-refractivity contribution in [2.75, 3.05) is 4.72 Å². The molecule has 0 fully saturated rings. The number of para-hydroxylation sites is 1. The average molecular weight is 311 g/mol. The molecule has 0 spiro atoms. The van der Waals surface area contributed by atoms with Crippen molar-refractivity contribution >= 4 is 21.5 Å². The quantitative estimate of drug-likeness (QED) is 0.595. The molecule has 0 bridgehead atoms. The van der Waals surface area contributed by atoms with Crippen LogP contribution in [0.4, 0.5) is 14.5 Å². The van der Waals surface area contributed by atoms with E-state index in [1.807, 2.05) is 0 Å². The molecule has 5 nitrogen and oxygen atoms in total. The van der Waals surface area contributed by atoms with Gasteiger partial charge in [-0.15, -0.1) is 0 Å². The van der Waals surface area contributed by atoms with Crippen molar-refractivity contribution in [3.63, 3.8) is 0 Å². The summed E-state index contributed by atoms with van der Waals surface area (Å²) in [7, 11) is -4.26. The third-order valence-electron chi connectivity index (χ3n) is 2.64. The van der Waals surface area contributed by atoms with Gasteiger partial charge in [0.15, 0.2) is 0 Å². The zero-order chi connectivity index (χ0) is 15.6. The highest BCUT2D eigenvalue weighted by Gasteiger charge is 2.21. The van der Waals surface area contributed by atoms with E-state index in [9.17, 15) is 17.2 Å². The Bertz CT molecular complexity index is 807. The summed E-state index contributed by atoms with van der Waals surface area (Å²) in [4.78, 5) is -0.692. The minimum atomic E-state index is -4.26. The van der Waals surface area contributed by atoms with Crippen LogP contribution in [0.2, 0.25) is 0 Å². The van der Waals surface area contributed by atoms with E-state index in [-0.39, 0.29) is 17.1 Å². The van der Waals surface area contributed by atoms with Crippen molar-refractivity contribution < 1.29 is 17.2 Å². The Morgan fingerprint density at radius 2 is 1.81 bits per heavy atom. The van der Waals surface area contributed by atoms with Gasteiger partial charge < -0.3 is 5.73 Å². The number of sulfonamides is 1. The standard InChI is InChI=1S/C13H11F2N3O2S/c14-8-5-6-12(10(15)7-8)21(19,20)18-11-4-2-1-3-9(11)13(16)17/h1-7,18H,(H3,16,17). The molecule has 2 aromatic carbocycles. The van der Waals surface area contributed by atoms with Crippen molar-refractivity contribution in [3.05, 3.63) is 59.7 Å². The molecule has 0 aliphatic rings. The summed E-state index contributed by atoms with van der Waals surface area (Å²) >= 11 is 0. The molecule has 4 N–H and O–H groups in total. The maximum Gasteiger partial charge on any atom is 0.264 e. The van der Waals surface area contributed by atoms with Crippen LogP contribution >= 0.6 is 0 Å². The highest BCUT2D eigenvalue weighted by atomic mass is 32.2. The van der Waals surface area contributed by atoms with Gasteiger partial charge in [-0.05, 0) is 24.3 Å². The Balaban J connectivity index is 2.45. The van der Waals surface area contributed by atoms with E-state index in [1.165, 1.54) is 18.2 Å². The fraction of sp³-hybridized carbons (Fsp3) is 0. The van der Waals surface area contributed by atoms with E-state index in [4.69, 9.17) is 11.1 Å². The van der Waals surface area contributed by atoms with Crippen LogP contribution in [-0.4, -0.2) is 14.3 Å². The zero-order valence-corrected chi connectivity index (χ0v) is 11.4. The van der Waals surface area contributed by atoms with E-state index in [0.717, 1.165) is 12.1 Å². The molecule has 2 rings (SSSR count). The van der Waals surface area contributed by atoms with Crippen LogP contribution in [0.25, 0.3) is 0 Å². The van der Waals surface area contributed by atoms with Gasteiger partial charge in [-0.3, -0.25) is 10.1 Å². The van der Waals surface area contributed by atoms with Gasteiger partial charge in [-0.2, -0.15) is 0 Å². The van der Waals surface area contributed by atoms with E-state index in [2.05, 4.69) is 4.72 Å². The smallest absolute Gasteiger partial charge is 0.264 e. The van der Waals surface area contributed by atoms with Crippen molar-refractivity contribution in [1.82, 2.24) is 0 Å². The average Bonchev–Trinajstić information content (AvgIpc) is 2.37. The van der Waals surface area contributed by atoms with Crippen molar-refractivity contribution in [1.29, 1.82) is 5.41 Å². The molecule has 0 amide bonds. The number of hydrogen-bond donors (Lipinski definition) is 3. The Morgan fingerprint density at radius 1 is 1.14 bits per heavy atom. The van der Waals surface area contributed by atoms with Crippen LogP contribution < -0.4 is 10.5 Å². The van der Waals surface area contributed by atoms with Crippen molar-refractivity contribution in [2.45, 2.75) is 4.90 Å². The summed E-state index contributed by atoms with van der Waals surface area (Å²) < 4.78 is 52.8. The topological polar surface area (TPSA) is 96.0 Å². The number of benzene rings is 2. The molecular formula is C13H11F2N3O2S. The lowest BCUT2D eigenvalue weighted by Crippen LogP contribution is -2.19. The molecule has 21 heavy (non-hydrogen) atoms. The molecule has 2 aromatic rings. The second-order valence-electron chi connectivity index (χ2n) is 4.14. The summed E-state index contributed by atoms with van der Waals surface area (Å²) in [5.41, 5.74) is 5.54. The fourth-order valence-electron chi connectivity index (χ4n) is 1.70. The third-order valence-corrected chi connectivity index (χ3v) is 4.04. The monoisotopic (exact) mass is 311 g/mol. The number of anilines is 1. The largest absolute Gasteiger partial charge is 0.384 e. The molecule has 0 unspecified atom stereocenters. The third kappa shape index (κ3) is 3.16. The molecule has 0 saturated carbocycles. The number of amidine groups is 1. The highest BCUT2D eigenvalue weighted by molar-refractivity contribution is 7.92. The van der Waals surface area contributed by atoms with Gasteiger partial charge >= 0.3 is 0 Å². The van der Waals surface area contributed by atoms with Gasteiger partial charge in [-0.25, -0.2) is 17.2 Å². The molecule has 0 saturated heterocycles. The molecule has 0 aliphatic heterocycles. The number of rotatable bonds is 4. The van der Waals surface area contributed by atoms with Gasteiger partial charge in [0, 0.05) is 11.6 Å². The van der Waals surface area contributed by atoms with E-state index < -0.39 is 26.6 Å². The van der Waals surface area contributed by atoms with E-state index in [0.29, 0.717) is 6.07 Å². The number of halogens is 2. The fourth-order valence-corrected chi connectivity index (χ4v) is 2.84. The van der Waals surface area contributed by atoms with Gasteiger partial charge in [0.25, 0.3) is 10.0 Å². The molecule has 0 heterocycles. The minimum Gasteiger partial charge on any atom is -0.384 e. The normalized spacial score (nSPS) is 11.1. The number of hydrogen-bond acceptors (Lipinski definition) is 3. The van der Waals surface area contributed by atoms with Gasteiger partial charge in [0.1, 0.15) is 22.4 Å². The molecule has 110 valence electrons. The predicted octanol–water partition coefficient (Wildman–Crippen LogP) is 2.05. The first-order valence-corrected chi connectivity index (χ1v) is 7.21. The second-order valence-corrected chi connectivity index (χ2v) is 5.79. The SMILES string of the molecule is N=C(N)c1ccccc1NS(=O)(=O)c1ccc(F)cc1F. The van der Waals surface area contributed by atoms with Crippen molar-refractivity contribution in [3.8, 4) is 0 Å². The van der Waals surface area contributed by atoms with Gasteiger partial charge in [0.05, 0.1) is 5.69 Å². The lowest BCUT2D eigenvalue weighted by atomic mass is 10.2. The Morgan fingerprint density at radius 3 is 2.43 bits per heavy atom. The van der Waals surface area contributed by atoms with Crippen LogP contribution in [-0.2, 0) is 10.0 Å². The van der Waals surface area contributed by atoms with E-state index >= 15 is 0 Å². The summed E-state index contributed by atoms with van der Waals surface area (Å²) in [6, 6.07) is 8.08. The Hall–Kier alpha value is -2.48. The highest BCUT2D eigenvalue weighted by Crippen LogP contribution is 2.22. The van der Waals surface area contributed by atoms with Crippen molar-refractivity contribution in [2.24, 2.45) is 5.73 Å². The maximum atomic E-state index is 13.6.